The minimum absolute atomic E-state index is 0.0552. The number of hydrazone groups is 1. The van der Waals surface area contributed by atoms with Gasteiger partial charge in [-0.15, -0.1) is 21.6 Å². The Labute approximate surface area is 141 Å². The summed E-state index contributed by atoms with van der Waals surface area (Å²) < 4.78 is 0. The number of hydrogen-bond donors (Lipinski definition) is 2. The Morgan fingerprint density at radius 1 is 1.33 bits per heavy atom. The van der Waals surface area contributed by atoms with Crippen LogP contribution in [0.25, 0.3) is 10.6 Å². The Hall–Kier alpha value is -2.94. The van der Waals surface area contributed by atoms with E-state index in [0.717, 1.165) is 16.1 Å². The molecule has 2 aromatic rings. The predicted molar refractivity (Wildman–Crippen MR) is 89.6 cm³/mol. The Kier molecular flexibility index (Phi) is 4.43. The molecule has 1 aromatic carbocycles. The molecule has 0 saturated carbocycles. The van der Waals surface area contributed by atoms with E-state index in [4.69, 9.17) is 0 Å². The summed E-state index contributed by atoms with van der Waals surface area (Å²) in [5, 5.41) is 16.0. The van der Waals surface area contributed by atoms with Crippen LogP contribution in [0.1, 0.15) is 23.0 Å². The molecule has 1 unspecified atom stereocenters. The van der Waals surface area contributed by atoms with Gasteiger partial charge in [0.25, 0.3) is 17.8 Å². The zero-order valence-corrected chi connectivity index (χ0v) is 13.8. The normalized spacial score (nSPS) is 18.5. The fraction of sp³-hybridized carbons (Fsp3) is 0.200. The molecule has 0 radical (unpaired) electrons. The highest BCUT2D eigenvalue weighted by Gasteiger charge is 2.19. The van der Waals surface area contributed by atoms with Crippen LogP contribution >= 0.6 is 11.3 Å². The first-order valence-corrected chi connectivity index (χ1v) is 8.03. The topological polar surface area (TPSA) is 108 Å². The van der Waals surface area contributed by atoms with E-state index >= 15 is 0 Å². The predicted octanol–water partition coefficient (Wildman–Crippen LogP) is 2.09. The van der Waals surface area contributed by atoms with E-state index in [9.17, 15) is 9.59 Å². The minimum atomic E-state index is -0.560. The van der Waals surface area contributed by atoms with Gasteiger partial charge in [-0.3, -0.25) is 14.9 Å². The van der Waals surface area contributed by atoms with Crippen molar-refractivity contribution in [3.63, 3.8) is 0 Å². The van der Waals surface area contributed by atoms with E-state index in [1.165, 1.54) is 11.3 Å². The van der Waals surface area contributed by atoms with Crippen LogP contribution in [0.15, 0.2) is 45.0 Å². The first-order chi connectivity index (χ1) is 11.5. The molecule has 0 spiro atoms. The first kappa shape index (κ1) is 15.9. The smallest absolute Gasteiger partial charge is 0.290 e. The van der Waals surface area contributed by atoms with Gasteiger partial charge in [-0.2, -0.15) is 5.11 Å². The van der Waals surface area contributed by atoms with Crippen molar-refractivity contribution in [2.75, 3.05) is 0 Å². The third-order valence-electron chi connectivity index (χ3n) is 3.24. The molecule has 1 aliphatic rings. The van der Waals surface area contributed by atoms with Crippen molar-refractivity contribution < 1.29 is 9.59 Å². The molecule has 122 valence electrons. The molecule has 3 rings (SSSR count). The van der Waals surface area contributed by atoms with Crippen LogP contribution in [0.4, 0.5) is 0 Å². The second kappa shape index (κ2) is 6.67. The van der Waals surface area contributed by atoms with E-state index in [2.05, 4.69) is 31.1 Å². The van der Waals surface area contributed by atoms with E-state index in [1.54, 1.807) is 12.3 Å². The third kappa shape index (κ3) is 3.51. The van der Waals surface area contributed by atoms with Crippen LogP contribution in [-0.4, -0.2) is 28.8 Å². The number of rotatable bonds is 3. The molecule has 24 heavy (non-hydrogen) atoms. The number of aryl methyl sites for hydroxylation is 1. The van der Waals surface area contributed by atoms with Crippen LogP contribution < -0.4 is 10.7 Å². The molecule has 0 bridgehead atoms. The van der Waals surface area contributed by atoms with Crippen LogP contribution in [0.2, 0.25) is 0 Å². The quantitative estimate of drug-likeness (QED) is 0.834. The number of thiazole rings is 1. The molecule has 9 heteroatoms. The number of amides is 2. The van der Waals surface area contributed by atoms with Crippen molar-refractivity contribution in [3.8, 4) is 10.6 Å². The number of nitrogens with zero attached hydrogens (tertiary/aromatic N) is 4. The van der Waals surface area contributed by atoms with E-state index in [-0.39, 0.29) is 17.6 Å². The molecule has 2 N–H and O–H groups in total. The van der Waals surface area contributed by atoms with Gasteiger partial charge in [0, 0.05) is 10.9 Å². The molecule has 0 saturated heterocycles. The lowest BCUT2D eigenvalue weighted by molar-refractivity contribution is -0.120. The minimum Gasteiger partial charge on any atom is -0.290 e. The molecular weight excluding hydrogens is 328 g/mol. The number of carbonyl (C=O) groups is 2. The van der Waals surface area contributed by atoms with Gasteiger partial charge in [0.2, 0.25) is 0 Å². The van der Waals surface area contributed by atoms with Gasteiger partial charge in [0.15, 0.2) is 0 Å². The highest BCUT2D eigenvalue weighted by molar-refractivity contribution is 7.13. The van der Waals surface area contributed by atoms with Crippen molar-refractivity contribution in [2.45, 2.75) is 19.9 Å². The standard InChI is InChI=1S/C15H14N6O2S/c1-8-3-5-10(6-4-8)14-16-11(7-24-14)13(23)19-21-15-17-12(22)9(2)18-20-15/h3-7,9H,1-2H3,(H,19,23)(H,17,21,22). The summed E-state index contributed by atoms with van der Waals surface area (Å²) in [6.45, 7) is 3.61. The number of carbonyl (C=O) groups excluding carboxylic acids is 2. The maximum absolute atomic E-state index is 12.1. The average molecular weight is 342 g/mol. The number of hydrogen-bond acceptors (Lipinski definition) is 6. The summed E-state index contributed by atoms with van der Waals surface area (Å²) in [6.07, 6.45) is 0. The molecule has 8 nitrogen and oxygen atoms in total. The third-order valence-corrected chi connectivity index (χ3v) is 4.13. The zero-order chi connectivity index (χ0) is 17.1. The molecule has 1 atom stereocenters. The summed E-state index contributed by atoms with van der Waals surface area (Å²) in [5.74, 6) is -0.867. The van der Waals surface area contributed by atoms with Crippen molar-refractivity contribution in [3.05, 3.63) is 40.9 Å². The molecule has 1 aromatic heterocycles. The van der Waals surface area contributed by atoms with Gasteiger partial charge >= 0.3 is 0 Å². The van der Waals surface area contributed by atoms with Gasteiger partial charge in [-0.1, -0.05) is 29.8 Å². The largest absolute Gasteiger partial charge is 0.290 e. The zero-order valence-electron chi connectivity index (χ0n) is 13.0. The monoisotopic (exact) mass is 342 g/mol. The number of guanidine groups is 1. The lowest BCUT2D eigenvalue weighted by Gasteiger charge is -2.11. The van der Waals surface area contributed by atoms with Crippen molar-refractivity contribution in [2.24, 2.45) is 15.3 Å². The Bertz CT molecular complexity index is 840. The van der Waals surface area contributed by atoms with Crippen molar-refractivity contribution >= 4 is 29.1 Å². The lowest BCUT2D eigenvalue weighted by atomic mass is 10.2. The van der Waals surface area contributed by atoms with Gasteiger partial charge in [0.1, 0.15) is 16.7 Å². The Morgan fingerprint density at radius 3 is 2.79 bits per heavy atom. The number of azo groups is 1. The number of aromatic nitrogens is 1. The van der Waals surface area contributed by atoms with Gasteiger partial charge in [0.05, 0.1) is 0 Å². The summed E-state index contributed by atoms with van der Waals surface area (Å²) in [6, 6.07) is 7.32. The molecular formula is C15H14N6O2S. The summed E-state index contributed by atoms with van der Waals surface area (Å²) in [7, 11) is 0. The Morgan fingerprint density at radius 2 is 2.08 bits per heavy atom. The summed E-state index contributed by atoms with van der Waals surface area (Å²) >= 11 is 1.37. The number of benzene rings is 1. The lowest BCUT2D eigenvalue weighted by Crippen LogP contribution is -2.40. The second-order valence-electron chi connectivity index (χ2n) is 5.16. The average Bonchev–Trinajstić information content (AvgIpc) is 3.06. The molecule has 0 aliphatic carbocycles. The first-order valence-electron chi connectivity index (χ1n) is 7.15. The van der Waals surface area contributed by atoms with Crippen molar-refractivity contribution in [1.82, 2.24) is 15.7 Å². The fourth-order valence-electron chi connectivity index (χ4n) is 1.85. The second-order valence-corrected chi connectivity index (χ2v) is 6.02. The van der Waals surface area contributed by atoms with Crippen LogP contribution in [0.3, 0.4) is 0 Å². The van der Waals surface area contributed by atoms with Crippen LogP contribution in [-0.2, 0) is 4.79 Å². The maximum atomic E-state index is 12.1. The molecule has 1 aliphatic heterocycles. The number of nitrogens with one attached hydrogen (secondary N) is 2. The molecule has 2 amide bonds. The fourth-order valence-corrected chi connectivity index (χ4v) is 2.66. The van der Waals surface area contributed by atoms with Crippen LogP contribution in [0, 0.1) is 6.92 Å². The van der Waals surface area contributed by atoms with E-state index in [1.807, 2.05) is 31.2 Å². The van der Waals surface area contributed by atoms with Crippen LogP contribution in [0.5, 0.6) is 0 Å². The highest BCUT2D eigenvalue weighted by Crippen LogP contribution is 2.23. The maximum Gasteiger partial charge on any atom is 0.290 e. The molecule has 0 fully saturated rings. The van der Waals surface area contributed by atoms with Crippen molar-refractivity contribution in [1.29, 1.82) is 0 Å². The SMILES string of the molecule is Cc1ccc(-c2nc(C(=O)NN=C3N=NC(C)C(=O)N3)cs2)cc1. The Balaban J connectivity index is 1.69. The summed E-state index contributed by atoms with van der Waals surface area (Å²) in [5.41, 5.74) is 4.64. The van der Waals surface area contributed by atoms with E-state index in [0.29, 0.717) is 0 Å². The van der Waals surface area contributed by atoms with Gasteiger partial charge < -0.3 is 0 Å². The highest BCUT2D eigenvalue weighted by atomic mass is 32.1. The van der Waals surface area contributed by atoms with Gasteiger partial charge in [-0.05, 0) is 13.8 Å². The van der Waals surface area contributed by atoms with Gasteiger partial charge in [-0.25, -0.2) is 10.4 Å². The summed E-state index contributed by atoms with van der Waals surface area (Å²) in [4.78, 5) is 27.8. The molecule has 2 heterocycles. The van der Waals surface area contributed by atoms with E-state index < -0.39 is 11.9 Å².